The summed E-state index contributed by atoms with van der Waals surface area (Å²) in [6.07, 6.45) is 0. The lowest BCUT2D eigenvalue weighted by atomic mass is 10.2. The van der Waals surface area contributed by atoms with Gasteiger partial charge in [-0.1, -0.05) is 24.3 Å². The normalized spacial score (nSPS) is 11.1. The minimum absolute atomic E-state index is 0.258. The number of phenolic OH excluding ortho intramolecular Hbond substituents is 1. The van der Waals surface area contributed by atoms with Gasteiger partial charge < -0.3 is 20.5 Å². The smallest absolute Gasteiger partial charge is 0.191 e. The standard InChI is InChI=1S/C18H23N3O2/c1-3-19-18(21-13-15-5-4-6-16(22)11-15)20-12-14-7-9-17(23-2)10-8-14/h4-11,22H,3,12-13H2,1-2H3,(H2,19,20,21). The van der Waals surface area contributed by atoms with Crippen LogP contribution in [-0.4, -0.2) is 24.7 Å². The van der Waals surface area contributed by atoms with E-state index in [1.54, 1.807) is 19.2 Å². The van der Waals surface area contributed by atoms with Crippen LogP contribution in [0.25, 0.3) is 0 Å². The van der Waals surface area contributed by atoms with E-state index in [1.807, 2.05) is 43.3 Å². The lowest BCUT2D eigenvalue weighted by Crippen LogP contribution is -2.36. The number of nitrogens with one attached hydrogen (secondary N) is 2. The monoisotopic (exact) mass is 313 g/mol. The van der Waals surface area contributed by atoms with Gasteiger partial charge in [-0.15, -0.1) is 0 Å². The van der Waals surface area contributed by atoms with Gasteiger partial charge >= 0.3 is 0 Å². The first-order valence-corrected chi connectivity index (χ1v) is 7.64. The molecule has 0 bridgehead atoms. The van der Waals surface area contributed by atoms with Crippen molar-refractivity contribution in [2.24, 2.45) is 4.99 Å². The van der Waals surface area contributed by atoms with Gasteiger partial charge in [-0.2, -0.15) is 0 Å². The van der Waals surface area contributed by atoms with Crippen LogP contribution in [0.2, 0.25) is 0 Å². The molecule has 0 aromatic heterocycles. The number of phenols is 1. The Morgan fingerprint density at radius 3 is 2.52 bits per heavy atom. The van der Waals surface area contributed by atoms with E-state index in [0.29, 0.717) is 13.1 Å². The molecule has 122 valence electrons. The maximum absolute atomic E-state index is 9.49. The number of nitrogens with zero attached hydrogens (tertiary/aromatic N) is 1. The van der Waals surface area contributed by atoms with Crippen LogP contribution in [0.1, 0.15) is 18.1 Å². The number of guanidine groups is 1. The van der Waals surface area contributed by atoms with Crippen molar-refractivity contribution in [3.63, 3.8) is 0 Å². The topological polar surface area (TPSA) is 65.9 Å². The quantitative estimate of drug-likeness (QED) is 0.566. The molecular weight excluding hydrogens is 290 g/mol. The summed E-state index contributed by atoms with van der Waals surface area (Å²) in [6, 6.07) is 15.0. The lowest BCUT2D eigenvalue weighted by Gasteiger charge is -2.12. The van der Waals surface area contributed by atoms with Gasteiger partial charge in [0.15, 0.2) is 5.96 Å². The number of ether oxygens (including phenoxy) is 1. The number of methoxy groups -OCH3 is 1. The Hall–Kier alpha value is -2.69. The van der Waals surface area contributed by atoms with Crippen molar-refractivity contribution in [2.75, 3.05) is 13.7 Å². The summed E-state index contributed by atoms with van der Waals surface area (Å²) in [5, 5.41) is 16.0. The summed E-state index contributed by atoms with van der Waals surface area (Å²) in [6.45, 7) is 4.00. The zero-order valence-corrected chi connectivity index (χ0v) is 13.5. The first kappa shape index (κ1) is 16.7. The van der Waals surface area contributed by atoms with E-state index in [0.717, 1.165) is 29.4 Å². The Kier molecular flexibility index (Phi) is 6.29. The molecule has 3 N–H and O–H groups in total. The first-order chi connectivity index (χ1) is 11.2. The number of rotatable bonds is 6. The molecular formula is C18H23N3O2. The Morgan fingerprint density at radius 2 is 1.87 bits per heavy atom. The predicted molar refractivity (Wildman–Crippen MR) is 92.8 cm³/mol. The van der Waals surface area contributed by atoms with Crippen LogP contribution < -0.4 is 15.4 Å². The second-order valence-corrected chi connectivity index (χ2v) is 5.07. The number of aliphatic imine (C=N–C) groups is 1. The zero-order valence-electron chi connectivity index (χ0n) is 13.5. The van der Waals surface area contributed by atoms with Crippen molar-refractivity contribution in [1.82, 2.24) is 10.6 Å². The molecule has 0 atom stereocenters. The molecule has 2 aromatic rings. The highest BCUT2D eigenvalue weighted by Gasteiger charge is 2.00. The van der Waals surface area contributed by atoms with E-state index in [9.17, 15) is 5.11 Å². The predicted octanol–water partition coefficient (Wildman–Crippen LogP) is 2.66. The molecule has 0 radical (unpaired) electrons. The number of hydrogen-bond donors (Lipinski definition) is 3. The Bertz CT molecular complexity index is 639. The second-order valence-electron chi connectivity index (χ2n) is 5.07. The van der Waals surface area contributed by atoms with Crippen molar-refractivity contribution < 1.29 is 9.84 Å². The Morgan fingerprint density at radius 1 is 1.09 bits per heavy atom. The van der Waals surface area contributed by atoms with Gasteiger partial charge in [0.25, 0.3) is 0 Å². The Labute approximate surface area is 137 Å². The minimum atomic E-state index is 0.258. The number of benzene rings is 2. The maximum Gasteiger partial charge on any atom is 0.191 e. The molecule has 0 amide bonds. The second kappa shape index (κ2) is 8.68. The van der Waals surface area contributed by atoms with E-state index >= 15 is 0 Å². The van der Waals surface area contributed by atoms with Gasteiger partial charge in [-0.25, -0.2) is 4.99 Å². The molecule has 0 spiro atoms. The number of aromatic hydroxyl groups is 1. The lowest BCUT2D eigenvalue weighted by molar-refractivity contribution is 0.414. The van der Waals surface area contributed by atoms with Crippen LogP contribution in [-0.2, 0) is 13.1 Å². The SMILES string of the molecule is CCNC(=NCc1cccc(O)c1)NCc1ccc(OC)cc1. The van der Waals surface area contributed by atoms with Gasteiger partial charge in [-0.3, -0.25) is 0 Å². The van der Waals surface area contributed by atoms with E-state index in [-0.39, 0.29) is 5.75 Å². The molecule has 2 rings (SSSR count). The van der Waals surface area contributed by atoms with E-state index in [2.05, 4.69) is 15.6 Å². The molecule has 0 saturated carbocycles. The largest absolute Gasteiger partial charge is 0.508 e. The fourth-order valence-corrected chi connectivity index (χ4v) is 2.10. The fourth-order valence-electron chi connectivity index (χ4n) is 2.10. The number of hydrogen-bond acceptors (Lipinski definition) is 3. The van der Waals surface area contributed by atoms with Gasteiger partial charge in [0.1, 0.15) is 11.5 Å². The summed E-state index contributed by atoms with van der Waals surface area (Å²) < 4.78 is 5.15. The molecule has 5 heteroatoms. The van der Waals surface area contributed by atoms with E-state index in [1.165, 1.54) is 0 Å². The first-order valence-electron chi connectivity index (χ1n) is 7.64. The van der Waals surface area contributed by atoms with Gasteiger partial charge in [-0.05, 0) is 42.3 Å². The average molecular weight is 313 g/mol. The van der Waals surface area contributed by atoms with Crippen LogP contribution in [0.15, 0.2) is 53.5 Å². The third kappa shape index (κ3) is 5.54. The summed E-state index contributed by atoms with van der Waals surface area (Å²) in [4.78, 5) is 4.53. The third-order valence-electron chi connectivity index (χ3n) is 3.29. The van der Waals surface area contributed by atoms with Crippen LogP contribution in [0.3, 0.4) is 0 Å². The summed E-state index contributed by atoms with van der Waals surface area (Å²) in [5.74, 6) is 1.85. The summed E-state index contributed by atoms with van der Waals surface area (Å²) in [7, 11) is 1.66. The highest BCUT2D eigenvalue weighted by Crippen LogP contribution is 2.12. The van der Waals surface area contributed by atoms with E-state index < -0.39 is 0 Å². The van der Waals surface area contributed by atoms with Crippen LogP contribution in [0.4, 0.5) is 0 Å². The average Bonchev–Trinajstić information content (AvgIpc) is 2.58. The molecule has 23 heavy (non-hydrogen) atoms. The van der Waals surface area contributed by atoms with E-state index in [4.69, 9.17) is 4.74 Å². The molecule has 0 fully saturated rings. The fraction of sp³-hybridized carbons (Fsp3) is 0.278. The molecule has 0 heterocycles. The highest BCUT2D eigenvalue weighted by molar-refractivity contribution is 5.79. The molecule has 0 unspecified atom stereocenters. The third-order valence-corrected chi connectivity index (χ3v) is 3.29. The van der Waals surface area contributed by atoms with Crippen LogP contribution >= 0.6 is 0 Å². The van der Waals surface area contributed by atoms with Gasteiger partial charge in [0, 0.05) is 13.1 Å². The van der Waals surface area contributed by atoms with Crippen molar-refractivity contribution >= 4 is 5.96 Å². The minimum Gasteiger partial charge on any atom is -0.508 e. The zero-order chi connectivity index (χ0) is 16.5. The molecule has 5 nitrogen and oxygen atoms in total. The van der Waals surface area contributed by atoms with Crippen LogP contribution in [0.5, 0.6) is 11.5 Å². The molecule has 0 saturated heterocycles. The maximum atomic E-state index is 9.49. The van der Waals surface area contributed by atoms with Gasteiger partial charge in [0.05, 0.1) is 13.7 Å². The van der Waals surface area contributed by atoms with Gasteiger partial charge in [0.2, 0.25) is 0 Å². The van der Waals surface area contributed by atoms with Crippen LogP contribution in [0, 0.1) is 0 Å². The Balaban J connectivity index is 1.95. The van der Waals surface area contributed by atoms with Crippen molar-refractivity contribution in [1.29, 1.82) is 0 Å². The highest BCUT2D eigenvalue weighted by atomic mass is 16.5. The molecule has 2 aromatic carbocycles. The molecule has 0 aliphatic rings. The summed E-state index contributed by atoms with van der Waals surface area (Å²) in [5.41, 5.74) is 2.11. The molecule has 0 aliphatic heterocycles. The van der Waals surface area contributed by atoms with Crippen molar-refractivity contribution in [2.45, 2.75) is 20.0 Å². The molecule has 0 aliphatic carbocycles. The van der Waals surface area contributed by atoms with Crippen molar-refractivity contribution in [3.8, 4) is 11.5 Å². The summed E-state index contributed by atoms with van der Waals surface area (Å²) >= 11 is 0. The van der Waals surface area contributed by atoms with Crippen molar-refractivity contribution in [3.05, 3.63) is 59.7 Å².